The summed E-state index contributed by atoms with van der Waals surface area (Å²) in [4.78, 5) is 6.45. The Labute approximate surface area is 128 Å². The van der Waals surface area contributed by atoms with Gasteiger partial charge in [-0.05, 0) is 18.6 Å². The van der Waals surface area contributed by atoms with Crippen LogP contribution in [0.5, 0.6) is 0 Å². The largest absolute Gasteiger partial charge is 0.380 e. The van der Waals surface area contributed by atoms with Crippen LogP contribution >= 0.6 is 11.6 Å². The Kier molecular flexibility index (Phi) is 4.35. The maximum Gasteiger partial charge on any atom is 0.183 e. The van der Waals surface area contributed by atoms with Crippen LogP contribution in [0.2, 0.25) is 5.15 Å². The monoisotopic (exact) mass is 332 g/mol. The van der Waals surface area contributed by atoms with Crippen molar-refractivity contribution in [1.82, 2.24) is 4.98 Å². The number of aromatic nitrogens is 1. The minimum absolute atomic E-state index is 0.191. The molecule has 3 heterocycles. The maximum atomic E-state index is 12.6. The van der Waals surface area contributed by atoms with Gasteiger partial charge in [-0.25, -0.2) is 13.4 Å². The summed E-state index contributed by atoms with van der Waals surface area (Å²) in [7, 11) is -3.43. The van der Waals surface area contributed by atoms with Crippen molar-refractivity contribution < 1.29 is 17.9 Å². The highest BCUT2D eigenvalue weighted by molar-refractivity contribution is 7.92. The third-order valence-corrected chi connectivity index (χ3v) is 6.08. The molecule has 0 unspecified atom stereocenters. The fourth-order valence-corrected chi connectivity index (χ4v) is 4.41. The van der Waals surface area contributed by atoms with Gasteiger partial charge >= 0.3 is 0 Å². The van der Waals surface area contributed by atoms with E-state index in [4.69, 9.17) is 21.1 Å². The first kappa shape index (κ1) is 15.0. The molecule has 0 spiro atoms. The summed E-state index contributed by atoms with van der Waals surface area (Å²) in [6.07, 6.45) is 0.523. The summed E-state index contributed by atoms with van der Waals surface area (Å²) < 4.78 is 35.7. The number of morpholine rings is 1. The van der Waals surface area contributed by atoms with Crippen molar-refractivity contribution >= 4 is 27.3 Å². The molecule has 1 aromatic heterocycles. The Hall–Kier alpha value is -0.890. The molecular formula is C13H17ClN2O4S. The van der Waals surface area contributed by atoms with E-state index in [9.17, 15) is 8.42 Å². The molecule has 116 valence electrons. The van der Waals surface area contributed by atoms with Crippen molar-refractivity contribution in [2.45, 2.75) is 16.6 Å². The average molecular weight is 333 g/mol. The van der Waals surface area contributed by atoms with Crippen molar-refractivity contribution in [3.63, 3.8) is 0 Å². The SMILES string of the molecule is O=S(=O)(c1cc(Cl)nc(N2CCOCC2)c1)[C@H]1CCOC1. The summed E-state index contributed by atoms with van der Waals surface area (Å²) in [6.45, 7) is 3.30. The Bertz CT molecular complexity index is 611. The Morgan fingerprint density at radius 2 is 1.95 bits per heavy atom. The zero-order valence-corrected chi connectivity index (χ0v) is 13.1. The lowest BCUT2D eigenvalue weighted by molar-refractivity contribution is 0.122. The van der Waals surface area contributed by atoms with Crippen LogP contribution < -0.4 is 4.90 Å². The molecule has 0 bridgehead atoms. The van der Waals surface area contributed by atoms with Crippen LogP contribution in [-0.4, -0.2) is 58.2 Å². The fraction of sp³-hybridized carbons (Fsp3) is 0.615. The lowest BCUT2D eigenvalue weighted by atomic mass is 10.3. The predicted octanol–water partition coefficient (Wildman–Crippen LogP) is 1.13. The molecule has 8 heteroatoms. The van der Waals surface area contributed by atoms with Gasteiger partial charge in [0.1, 0.15) is 11.0 Å². The highest BCUT2D eigenvalue weighted by Crippen LogP contribution is 2.27. The topological polar surface area (TPSA) is 68.7 Å². The van der Waals surface area contributed by atoms with Crippen LogP contribution in [-0.2, 0) is 19.3 Å². The molecule has 2 aliphatic heterocycles. The van der Waals surface area contributed by atoms with E-state index in [2.05, 4.69) is 4.98 Å². The molecule has 0 amide bonds. The summed E-state index contributed by atoms with van der Waals surface area (Å²) in [5.74, 6) is 0.586. The van der Waals surface area contributed by atoms with Crippen molar-refractivity contribution in [1.29, 1.82) is 0 Å². The zero-order chi connectivity index (χ0) is 14.9. The number of sulfone groups is 1. The molecule has 6 nitrogen and oxygen atoms in total. The molecule has 0 N–H and O–H groups in total. The van der Waals surface area contributed by atoms with Crippen LogP contribution in [0, 0.1) is 0 Å². The van der Waals surface area contributed by atoms with Gasteiger partial charge in [-0.3, -0.25) is 0 Å². The quantitative estimate of drug-likeness (QED) is 0.773. The molecule has 0 aliphatic carbocycles. The van der Waals surface area contributed by atoms with Gasteiger partial charge in [0.25, 0.3) is 0 Å². The smallest absolute Gasteiger partial charge is 0.183 e. The molecule has 2 fully saturated rings. The fourth-order valence-electron chi connectivity index (χ4n) is 2.53. The van der Waals surface area contributed by atoms with Crippen LogP contribution in [0.15, 0.2) is 17.0 Å². The van der Waals surface area contributed by atoms with Gasteiger partial charge in [-0.15, -0.1) is 0 Å². The van der Waals surface area contributed by atoms with Gasteiger partial charge < -0.3 is 14.4 Å². The first-order valence-electron chi connectivity index (χ1n) is 6.89. The average Bonchev–Trinajstić information content (AvgIpc) is 3.02. The van der Waals surface area contributed by atoms with Crippen LogP contribution in [0.25, 0.3) is 0 Å². The summed E-state index contributed by atoms with van der Waals surface area (Å²) in [5.41, 5.74) is 0. The van der Waals surface area contributed by atoms with Crippen molar-refractivity contribution in [2.75, 3.05) is 44.4 Å². The van der Waals surface area contributed by atoms with E-state index in [0.29, 0.717) is 45.1 Å². The van der Waals surface area contributed by atoms with Crippen LogP contribution in [0.4, 0.5) is 5.82 Å². The maximum absolute atomic E-state index is 12.6. The van der Waals surface area contributed by atoms with E-state index >= 15 is 0 Å². The van der Waals surface area contributed by atoms with E-state index in [1.807, 2.05) is 4.90 Å². The summed E-state index contributed by atoms with van der Waals surface area (Å²) in [5, 5.41) is -0.301. The molecular weight excluding hydrogens is 316 g/mol. The Morgan fingerprint density at radius 3 is 2.62 bits per heavy atom. The van der Waals surface area contributed by atoms with E-state index in [0.717, 1.165) is 0 Å². The predicted molar refractivity (Wildman–Crippen MR) is 78.7 cm³/mol. The lowest BCUT2D eigenvalue weighted by Gasteiger charge is -2.28. The third-order valence-electron chi connectivity index (χ3n) is 3.74. The van der Waals surface area contributed by atoms with Gasteiger partial charge in [0, 0.05) is 19.7 Å². The van der Waals surface area contributed by atoms with Gasteiger partial charge in [0.05, 0.1) is 30.0 Å². The molecule has 0 aromatic carbocycles. The minimum Gasteiger partial charge on any atom is -0.380 e. The number of hydrogen-bond acceptors (Lipinski definition) is 6. The van der Waals surface area contributed by atoms with Gasteiger partial charge in [-0.1, -0.05) is 11.6 Å². The number of halogens is 1. The number of rotatable bonds is 3. The van der Waals surface area contributed by atoms with Gasteiger partial charge in [0.15, 0.2) is 9.84 Å². The third kappa shape index (κ3) is 3.15. The second kappa shape index (κ2) is 6.08. The Morgan fingerprint density at radius 1 is 1.19 bits per heavy atom. The van der Waals surface area contributed by atoms with Crippen LogP contribution in [0.3, 0.4) is 0 Å². The first-order chi connectivity index (χ1) is 10.1. The molecule has 1 atom stereocenters. The molecule has 0 saturated carbocycles. The van der Waals surface area contributed by atoms with Crippen molar-refractivity contribution in [2.24, 2.45) is 0 Å². The van der Waals surface area contributed by atoms with E-state index in [-0.39, 0.29) is 16.7 Å². The lowest BCUT2D eigenvalue weighted by Crippen LogP contribution is -2.37. The molecule has 2 saturated heterocycles. The number of nitrogens with zero attached hydrogens (tertiary/aromatic N) is 2. The Balaban J connectivity index is 1.93. The molecule has 2 aliphatic rings. The second-order valence-corrected chi connectivity index (χ2v) is 7.73. The van der Waals surface area contributed by atoms with Crippen LogP contribution in [0.1, 0.15) is 6.42 Å². The normalized spacial score (nSPS) is 23.5. The summed E-state index contributed by atoms with van der Waals surface area (Å²) in [6, 6.07) is 3.02. The molecule has 1 aromatic rings. The van der Waals surface area contributed by atoms with Crippen molar-refractivity contribution in [3.05, 3.63) is 17.3 Å². The zero-order valence-electron chi connectivity index (χ0n) is 11.5. The first-order valence-corrected chi connectivity index (χ1v) is 8.82. The second-order valence-electron chi connectivity index (χ2n) is 5.11. The number of anilines is 1. The molecule has 0 radical (unpaired) electrons. The van der Waals surface area contributed by atoms with Gasteiger partial charge in [-0.2, -0.15) is 0 Å². The van der Waals surface area contributed by atoms with Gasteiger partial charge in [0.2, 0.25) is 0 Å². The van der Waals surface area contributed by atoms with E-state index in [1.165, 1.54) is 6.07 Å². The molecule has 21 heavy (non-hydrogen) atoms. The van der Waals surface area contributed by atoms with Crippen molar-refractivity contribution in [3.8, 4) is 0 Å². The number of pyridine rings is 1. The summed E-state index contributed by atoms with van der Waals surface area (Å²) >= 11 is 6.02. The number of ether oxygens (including phenoxy) is 2. The van der Waals surface area contributed by atoms with E-state index in [1.54, 1.807) is 6.07 Å². The number of hydrogen-bond donors (Lipinski definition) is 0. The molecule has 3 rings (SSSR count). The highest BCUT2D eigenvalue weighted by atomic mass is 35.5. The minimum atomic E-state index is -3.43. The highest BCUT2D eigenvalue weighted by Gasteiger charge is 2.32. The standard InChI is InChI=1S/C13H17ClN2O4S/c14-12-7-11(21(17,18)10-1-4-20-9-10)8-13(15-12)16-2-5-19-6-3-16/h7-8,10H,1-6,9H2/t10-/m0/s1. The van der Waals surface area contributed by atoms with E-state index < -0.39 is 15.1 Å².